The van der Waals surface area contributed by atoms with Crippen LogP contribution in [0.5, 0.6) is 0 Å². The van der Waals surface area contributed by atoms with Gasteiger partial charge in [-0.1, -0.05) is 30.3 Å². The quantitative estimate of drug-likeness (QED) is 0.825. The van der Waals surface area contributed by atoms with Gasteiger partial charge in [0.1, 0.15) is 11.5 Å². The molecular weight excluding hydrogens is 314 g/mol. The molecule has 2 saturated heterocycles. The Morgan fingerprint density at radius 3 is 2.64 bits per heavy atom. The monoisotopic (exact) mass is 341 g/mol. The molecule has 25 heavy (non-hydrogen) atoms. The highest BCUT2D eigenvalue weighted by Gasteiger charge is 2.43. The molecule has 3 heterocycles. The van der Waals surface area contributed by atoms with Crippen molar-refractivity contribution in [2.24, 2.45) is 0 Å². The summed E-state index contributed by atoms with van der Waals surface area (Å²) in [5, 5.41) is 0. The second-order valence-corrected chi connectivity index (χ2v) is 7.41. The van der Waals surface area contributed by atoms with E-state index >= 15 is 0 Å². The predicted molar refractivity (Wildman–Crippen MR) is 96.3 cm³/mol. The minimum atomic E-state index is 0.0247. The predicted octanol–water partition coefficient (Wildman–Crippen LogP) is 3.93. The molecular formula is C21H27NO3. The second kappa shape index (κ2) is 7.32. The molecule has 4 heteroatoms. The van der Waals surface area contributed by atoms with Crippen molar-refractivity contribution in [1.29, 1.82) is 0 Å². The number of hydrogen-bond acceptors (Lipinski definition) is 4. The molecule has 2 fully saturated rings. The summed E-state index contributed by atoms with van der Waals surface area (Å²) in [7, 11) is 0. The highest BCUT2D eigenvalue weighted by atomic mass is 16.6. The van der Waals surface area contributed by atoms with Crippen LogP contribution in [0.4, 0.5) is 0 Å². The van der Waals surface area contributed by atoms with Crippen molar-refractivity contribution < 1.29 is 13.9 Å². The van der Waals surface area contributed by atoms with Crippen LogP contribution in [0.15, 0.2) is 46.9 Å². The molecule has 0 N–H and O–H groups in total. The van der Waals surface area contributed by atoms with Crippen molar-refractivity contribution in [3.8, 4) is 0 Å². The molecule has 2 aliphatic rings. The molecule has 1 aromatic heterocycles. The topological polar surface area (TPSA) is 34.8 Å². The van der Waals surface area contributed by atoms with Gasteiger partial charge in [-0.15, -0.1) is 0 Å². The normalized spacial score (nSPS) is 23.3. The van der Waals surface area contributed by atoms with Crippen LogP contribution in [0.1, 0.15) is 36.3 Å². The van der Waals surface area contributed by atoms with E-state index in [2.05, 4.69) is 35.2 Å². The number of nitrogens with zero attached hydrogens (tertiary/aromatic N) is 1. The van der Waals surface area contributed by atoms with Crippen molar-refractivity contribution in [2.45, 2.75) is 51.0 Å². The molecule has 0 aliphatic carbocycles. The fourth-order valence-corrected chi connectivity index (χ4v) is 3.96. The summed E-state index contributed by atoms with van der Waals surface area (Å²) < 4.78 is 18.0. The Morgan fingerprint density at radius 2 is 1.92 bits per heavy atom. The highest BCUT2D eigenvalue weighted by molar-refractivity contribution is 5.13. The lowest BCUT2D eigenvalue weighted by Gasteiger charge is -2.38. The number of benzene rings is 1. The Balaban J connectivity index is 1.24. The average Bonchev–Trinajstić information content (AvgIpc) is 3.23. The Kier molecular flexibility index (Phi) is 4.93. The Morgan fingerprint density at radius 1 is 1.12 bits per heavy atom. The van der Waals surface area contributed by atoms with Gasteiger partial charge in [-0.25, -0.2) is 0 Å². The van der Waals surface area contributed by atoms with E-state index in [1.807, 2.05) is 19.1 Å². The SMILES string of the molecule is Cc1ccc(CN2CCC3(CC2)C[C@H](OCc2ccccc2)CO3)o1. The standard InChI is InChI=1S/C21H27NO3/c1-17-7-8-19(25-17)14-22-11-9-21(10-12-22)13-20(16-24-21)23-15-18-5-3-2-4-6-18/h2-8,20H,9-16H2,1H3/t20-/m0/s1. The van der Waals surface area contributed by atoms with Gasteiger partial charge in [-0.3, -0.25) is 4.90 Å². The molecule has 4 nitrogen and oxygen atoms in total. The molecule has 0 unspecified atom stereocenters. The minimum absolute atomic E-state index is 0.0247. The first-order valence-electron chi connectivity index (χ1n) is 9.28. The maximum absolute atomic E-state index is 6.21. The second-order valence-electron chi connectivity index (χ2n) is 7.41. The van der Waals surface area contributed by atoms with E-state index in [0.29, 0.717) is 6.61 Å². The van der Waals surface area contributed by atoms with E-state index in [4.69, 9.17) is 13.9 Å². The van der Waals surface area contributed by atoms with E-state index in [-0.39, 0.29) is 11.7 Å². The van der Waals surface area contributed by atoms with E-state index in [9.17, 15) is 0 Å². The molecule has 0 saturated carbocycles. The largest absolute Gasteiger partial charge is 0.465 e. The maximum Gasteiger partial charge on any atom is 0.118 e. The van der Waals surface area contributed by atoms with Crippen molar-refractivity contribution >= 4 is 0 Å². The van der Waals surface area contributed by atoms with Gasteiger partial charge in [0, 0.05) is 19.5 Å². The molecule has 1 atom stereocenters. The molecule has 1 aromatic carbocycles. The van der Waals surface area contributed by atoms with Gasteiger partial charge in [-0.2, -0.15) is 0 Å². The third-order valence-electron chi connectivity index (χ3n) is 5.45. The van der Waals surface area contributed by atoms with E-state index in [1.54, 1.807) is 0 Å². The zero-order valence-electron chi connectivity index (χ0n) is 14.9. The smallest absolute Gasteiger partial charge is 0.118 e. The summed E-state index contributed by atoms with van der Waals surface area (Å²) in [6.45, 7) is 6.42. The van der Waals surface area contributed by atoms with Gasteiger partial charge in [0.05, 0.1) is 31.5 Å². The Hall–Kier alpha value is -1.62. The summed E-state index contributed by atoms with van der Waals surface area (Å²) in [4.78, 5) is 2.46. The number of ether oxygens (including phenoxy) is 2. The van der Waals surface area contributed by atoms with Gasteiger partial charge < -0.3 is 13.9 Å². The lowest BCUT2D eigenvalue weighted by atomic mass is 9.88. The van der Waals surface area contributed by atoms with Crippen LogP contribution < -0.4 is 0 Å². The van der Waals surface area contributed by atoms with Crippen LogP contribution in [-0.4, -0.2) is 36.3 Å². The number of aryl methyl sites for hydroxylation is 1. The summed E-state index contributed by atoms with van der Waals surface area (Å²) in [5.74, 6) is 2.05. The van der Waals surface area contributed by atoms with Crippen LogP contribution in [0.3, 0.4) is 0 Å². The van der Waals surface area contributed by atoms with Crippen LogP contribution >= 0.6 is 0 Å². The number of hydrogen-bond donors (Lipinski definition) is 0. The van der Waals surface area contributed by atoms with Crippen LogP contribution in [0, 0.1) is 6.92 Å². The first kappa shape index (κ1) is 16.8. The Bertz CT molecular complexity index is 673. The average molecular weight is 341 g/mol. The fourth-order valence-electron chi connectivity index (χ4n) is 3.96. The lowest BCUT2D eigenvalue weighted by Crippen LogP contribution is -2.43. The summed E-state index contributed by atoms with van der Waals surface area (Å²) in [6.07, 6.45) is 3.41. The van der Waals surface area contributed by atoms with E-state index < -0.39 is 0 Å². The zero-order valence-corrected chi connectivity index (χ0v) is 14.9. The first-order valence-corrected chi connectivity index (χ1v) is 9.28. The van der Waals surface area contributed by atoms with Gasteiger partial charge in [0.2, 0.25) is 0 Å². The summed E-state index contributed by atoms with van der Waals surface area (Å²) in [5.41, 5.74) is 1.25. The van der Waals surface area contributed by atoms with Crippen molar-refractivity contribution in [2.75, 3.05) is 19.7 Å². The third kappa shape index (κ3) is 4.14. The van der Waals surface area contributed by atoms with Gasteiger partial charge in [-0.05, 0) is 37.5 Å². The number of piperidine rings is 1. The summed E-state index contributed by atoms with van der Waals surface area (Å²) in [6, 6.07) is 14.5. The molecule has 0 bridgehead atoms. The number of likely N-dealkylation sites (tertiary alicyclic amines) is 1. The van der Waals surface area contributed by atoms with Crippen LogP contribution in [-0.2, 0) is 22.6 Å². The van der Waals surface area contributed by atoms with Crippen molar-refractivity contribution in [3.05, 3.63) is 59.5 Å². The molecule has 1 spiro atoms. The van der Waals surface area contributed by atoms with Crippen molar-refractivity contribution in [1.82, 2.24) is 4.90 Å². The van der Waals surface area contributed by atoms with Gasteiger partial charge in [0.15, 0.2) is 0 Å². The zero-order chi connectivity index (χ0) is 17.1. The van der Waals surface area contributed by atoms with E-state index in [0.717, 1.165) is 57.0 Å². The van der Waals surface area contributed by atoms with Gasteiger partial charge in [0.25, 0.3) is 0 Å². The minimum Gasteiger partial charge on any atom is -0.465 e. The molecule has 4 rings (SSSR count). The van der Waals surface area contributed by atoms with Crippen LogP contribution in [0.25, 0.3) is 0 Å². The molecule has 2 aliphatic heterocycles. The fraction of sp³-hybridized carbons (Fsp3) is 0.524. The number of furan rings is 1. The maximum atomic E-state index is 6.21. The Labute approximate surface area is 149 Å². The molecule has 134 valence electrons. The first-order chi connectivity index (χ1) is 12.2. The van der Waals surface area contributed by atoms with Crippen molar-refractivity contribution in [3.63, 3.8) is 0 Å². The van der Waals surface area contributed by atoms with Crippen LogP contribution in [0.2, 0.25) is 0 Å². The number of rotatable bonds is 5. The highest BCUT2D eigenvalue weighted by Crippen LogP contribution is 2.37. The van der Waals surface area contributed by atoms with Gasteiger partial charge >= 0.3 is 0 Å². The lowest BCUT2D eigenvalue weighted by molar-refractivity contribution is -0.0476. The van der Waals surface area contributed by atoms with E-state index in [1.165, 1.54) is 5.56 Å². The molecule has 0 amide bonds. The molecule has 0 radical (unpaired) electrons. The summed E-state index contributed by atoms with van der Waals surface area (Å²) >= 11 is 0. The molecule has 2 aromatic rings. The third-order valence-corrected chi connectivity index (χ3v) is 5.45.